The number of rotatable bonds is 6. The van der Waals surface area contributed by atoms with Crippen LogP contribution >= 0.6 is 0 Å². The highest BCUT2D eigenvalue weighted by Gasteiger charge is 2.62. The Morgan fingerprint density at radius 3 is 2.60 bits per heavy atom. The Balaban J connectivity index is 1.90. The molecule has 35 heavy (non-hydrogen) atoms. The summed E-state index contributed by atoms with van der Waals surface area (Å²) < 4.78 is 5.84. The highest BCUT2D eigenvalue weighted by atomic mass is 16.5. The van der Waals surface area contributed by atoms with Crippen LogP contribution in [0.2, 0.25) is 0 Å². The summed E-state index contributed by atoms with van der Waals surface area (Å²) >= 11 is 0. The van der Waals surface area contributed by atoms with Crippen molar-refractivity contribution >= 4 is 23.3 Å². The van der Waals surface area contributed by atoms with E-state index in [9.17, 15) is 29.7 Å². The lowest BCUT2D eigenvalue weighted by Gasteiger charge is -2.47. The molecule has 7 N–H and O–H groups in total. The molecule has 0 saturated heterocycles. The molecule has 0 spiro atoms. The molecule has 0 aromatic carbocycles. The summed E-state index contributed by atoms with van der Waals surface area (Å²) in [5.41, 5.74) is 8.49. The number of primary amides is 1. The standard InChI is InChI=1S/C24H30N4O7/c1-4-5-6-35-13-9-27-23(28(2)3)11-7-10-8-12-17(25)19(30)16(22(26)33)21(32)24(12,34)20(31)14(10)18(29)15(11)13/h9-10,12,17,30-31,34H,4-8,25H2,1-3H3,(H2,26,33)/t10-,12-,17-,24-/m0/s1. The first-order valence-electron chi connectivity index (χ1n) is 11.5. The summed E-state index contributed by atoms with van der Waals surface area (Å²) in [7, 11) is 3.58. The summed E-state index contributed by atoms with van der Waals surface area (Å²) in [6, 6.07) is -1.35. The van der Waals surface area contributed by atoms with Crippen molar-refractivity contribution in [3.05, 3.63) is 40.0 Å². The number of Topliss-reactive ketones (excluding diaryl/α,β-unsaturated/α-hetero) is 2. The first-order valence-corrected chi connectivity index (χ1v) is 11.5. The predicted molar refractivity (Wildman–Crippen MR) is 125 cm³/mol. The number of nitrogens with two attached hydrogens (primary N) is 2. The molecule has 3 aliphatic rings. The van der Waals surface area contributed by atoms with Gasteiger partial charge < -0.3 is 36.4 Å². The zero-order valence-electron chi connectivity index (χ0n) is 19.9. The monoisotopic (exact) mass is 486 g/mol. The van der Waals surface area contributed by atoms with Gasteiger partial charge in [-0.15, -0.1) is 0 Å². The van der Waals surface area contributed by atoms with E-state index < -0.39 is 58.0 Å². The Morgan fingerprint density at radius 1 is 1.31 bits per heavy atom. The quantitative estimate of drug-likeness (QED) is 0.279. The number of aliphatic hydroxyl groups excluding tert-OH is 2. The van der Waals surface area contributed by atoms with Gasteiger partial charge in [0, 0.05) is 31.1 Å². The lowest BCUT2D eigenvalue weighted by molar-refractivity contribution is -0.145. The van der Waals surface area contributed by atoms with Crippen LogP contribution < -0.4 is 21.1 Å². The molecule has 1 amide bonds. The van der Waals surface area contributed by atoms with E-state index in [0.29, 0.717) is 18.0 Å². The number of fused-ring (bicyclic) bond motifs is 3. The molecule has 1 aromatic heterocycles. The van der Waals surface area contributed by atoms with E-state index in [4.69, 9.17) is 16.2 Å². The molecular formula is C24H30N4O7. The predicted octanol–water partition coefficient (Wildman–Crippen LogP) is 0.452. The normalized spacial score (nSPS) is 27.9. The molecule has 3 aliphatic carbocycles. The molecule has 1 heterocycles. The number of nitrogens with zero attached hydrogens (tertiary/aromatic N) is 2. The van der Waals surface area contributed by atoms with Gasteiger partial charge in [-0.1, -0.05) is 13.3 Å². The summed E-state index contributed by atoms with van der Waals surface area (Å²) in [6.07, 6.45) is 3.35. The van der Waals surface area contributed by atoms with Gasteiger partial charge in [-0.3, -0.25) is 14.4 Å². The Morgan fingerprint density at radius 2 is 2.00 bits per heavy atom. The van der Waals surface area contributed by atoms with Gasteiger partial charge in [0.1, 0.15) is 28.7 Å². The average molecular weight is 487 g/mol. The number of pyridine rings is 1. The highest BCUT2D eigenvalue weighted by molar-refractivity contribution is 6.24. The Labute approximate surface area is 202 Å². The SMILES string of the molecule is CCCCOc1cnc(N(C)C)c2c1C(=O)C1=C(O)[C@]3(O)C(=O)C(C(N)=O)=C(O)[C@@H](N)[C@@H]3C[C@@H]1C2. The smallest absolute Gasteiger partial charge is 0.255 e. The lowest BCUT2D eigenvalue weighted by Crippen LogP contribution is -2.63. The van der Waals surface area contributed by atoms with Gasteiger partial charge in [0.15, 0.2) is 11.4 Å². The number of carbonyl (C=O) groups excluding carboxylic acids is 3. The Kier molecular flexibility index (Phi) is 6.10. The number of unbranched alkanes of at least 4 members (excludes halogenated alkanes) is 1. The van der Waals surface area contributed by atoms with Crippen LogP contribution in [-0.4, -0.2) is 70.1 Å². The first kappa shape index (κ1) is 24.7. The van der Waals surface area contributed by atoms with Gasteiger partial charge in [-0.05, 0) is 25.2 Å². The fraction of sp³-hybridized carbons (Fsp3) is 0.500. The molecular weight excluding hydrogens is 456 g/mol. The van der Waals surface area contributed by atoms with Gasteiger partial charge in [-0.25, -0.2) is 4.98 Å². The second-order valence-corrected chi connectivity index (χ2v) is 9.48. The van der Waals surface area contributed by atoms with E-state index in [1.165, 1.54) is 6.20 Å². The number of aliphatic hydroxyl groups is 3. The minimum Gasteiger partial charge on any atom is -0.510 e. The second-order valence-electron chi connectivity index (χ2n) is 9.48. The van der Waals surface area contributed by atoms with E-state index in [1.54, 1.807) is 19.0 Å². The summed E-state index contributed by atoms with van der Waals surface area (Å²) in [5.74, 6) is -5.77. The van der Waals surface area contributed by atoms with Crippen LogP contribution in [0.25, 0.3) is 0 Å². The number of ketones is 2. The molecule has 1 aromatic rings. The molecule has 188 valence electrons. The van der Waals surface area contributed by atoms with E-state index in [2.05, 4.69) is 4.98 Å². The van der Waals surface area contributed by atoms with E-state index in [0.717, 1.165) is 12.8 Å². The number of hydrogen-bond acceptors (Lipinski definition) is 10. The summed E-state index contributed by atoms with van der Waals surface area (Å²) in [5, 5.41) is 33.1. The van der Waals surface area contributed by atoms with Crippen LogP contribution in [0.3, 0.4) is 0 Å². The topological polar surface area (TPSA) is 189 Å². The Hall–Kier alpha value is -3.44. The first-order chi connectivity index (χ1) is 16.5. The summed E-state index contributed by atoms with van der Waals surface area (Å²) in [4.78, 5) is 45.0. The molecule has 0 bridgehead atoms. The molecule has 4 atom stereocenters. The van der Waals surface area contributed by atoms with Crippen LogP contribution in [0.5, 0.6) is 5.75 Å². The van der Waals surface area contributed by atoms with Crippen molar-refractivity contribution in [2.45, 2.75) is 44.2 Å². The van der Waals surface area contributed by atoms with Crippen molar-refractivity contribution in [2.75, 3.05) is 25.6 Å². The molecule has 0 unspecified atom stereocenters. The largest absolute Gasteiger partial charge is 0.510 e. The maximum atomic E-state index is 13.8. The number of ether oxygens (including phenoxy) is 1. The van der Waals surface area contributed by atoms with E-state index in [1.807, 2.05) is 6.92 Å². The van der Waals surface area contributed by atoms with Crippen molar-refractivity contribution in [1.29, 1.82) is 0 Å². The fourth-order valence-electron chi connectivity index (χ4n) is 5.40. The Bertz CT molecular complexity index is 1190. The molecule has 0 radical (unpaired) electrons. The van der Waals surface area contributed by atoms with Gasteiger partial charge >= 0.3 is 0 Å². The van der Waals surface area contributed by atoms with Crippen LogP contribution in [0.15, 0.2) is 28.9 Å². The van der Waals surface area contributed by atoms with Crippen LogP contribution in [-0.2, 0) is 16.0 Å². The number of aromatic nitrogens is 1. The molecule has 0 saturated carbocycles. The van der Waals surface area contributed by atoms with E-state index >= 15 is 0 Å². The van der Waals surface area contributed by atoms with Crippen molar-refractivity contribution in [2.24, 2.45) is 23.3 Å². The number of hydrogen-bond donors (Lipinski definition) is 5. The maximum Gasteiger partial charge on any atom is 0.255 e. The third-order valence-corrected chi connectivity index (χ3v) is 7.15. The molecule has 0 fully saturated rings. The van der Waals surface area contributed by atoms with Gasteiger partial charge in [-0.2, -0.15) is 0 Å². The minimum absolute atomic E-state index is 0.00211. The van der Waals surface area contributed by atoms with E-state index in [-0.39, 0.29) is 29.7 Å². The van der Waals surface area contributed by atoms with Crippen LogP contribution in [0.4, 0.5) is 5.82 Å². The molecule has 11 heteroatoms. The number of amides is 1. The highest BCUT2D eigenvalue weighted by Crippen LogP contribution is 2.51. The van der Waals surface area contributed by atoms with Gasteiger partial charge in [0.2, 0.25) is 5.78 Å². The average Bonchev–Trinajstić information content (AvgIpc) is 2.79. The zero-order chi connectivity index (χ0) is 25.8. The summed E-state index contributed by atoms with van der Waals surface area (Å²) in [6.45, 7) is 2.36. The van der Waals surface area contributed by atoms with Crippen molar-refractivity contribution in [3.8, 4) is 5.75 Å². The van der Waals surface area contributed by atoms with Gasteiger partial charge in [0.25, 0.3) is 5.91 Å². The zero-order valence-corrected chi connectivity index (χ0v) is 19.9. The van der Waals surface area contributed by atoms with Gasteiger partial charge in [0.05, 0.1) is 24.4 Å². The molecule has 11 nitrogen and oxygen atoms in total. The third kappa shape index (κ3) is 3.49. The molecule has 4 rings (SSSR count). The minimum atomic E-state index is -2.67. The number of carbonyl (C=O) groups is 3. The maximum absolute atomic E-state index is 13.8. The van der Waals surface area contributed by atoms with Crippen molar-refractivity contribution < 1.29 is 34.4 Å². The van der Waals surface area contributed by atoms with Crippen molar-refractivity contribution in [1.82, 2.24) is 4.98 Å². The number of anilines is 1. The number of allylic oxidation sites excluding steroid dienone is 1. The fourth-order valence-corrected chi connectivity index (χ4v) is 5.40. The molecule has 0 aliphatic heterocycles. The lowest BCUT2D eigenvalue weighted by atomic mass is 9.59. The van der Waals surface area contributed by atoms with Crippen LogP contribution in [0.1, 0.15) is 42.1 Å². The second kappa shape index (κ2) is 8.65. The van der Waals surface area contributed by atoms with Crippen molar-refractivity contribution in [3.63, 3.8) is 0 Å². The third-order valence-electron chi connectivity index (χ3n) is 7.15. The van der Waals surface area contributed by atoms with Crippen LogP contribution in [0, 0.1) is 11.8 Å².